The summed E-state index contributed by atoms with van der Waals surface area (Å²) >= 11 is 1.57. The average molecular weight is 236 g/mol. The lowest BCUT2D eigenvalue weighted by Crippen LogP contribution is -2.18. The van der Waals surface area contributed by atoms with Gasteiger partial charge in [-0.05, 0) is 13.0 Å². The van der Waals surface area contributed by atoms with Gasteiger partial charge in [0.1, 0.15) is 5.82 Å². The fraction of sp³-hybridized carbons (Fsp3) is 0.250. The van der Waals surface area contributed by atoms with E-state index in [2.05, 4.69) is 10.3 Å². The maximum Gasteiger partial charge on any atom is 0.127 e. The zero-order valence-electron chi connectivity index (χ0n) is 8.98. The average Bonchev–Trinajstić information content (AvgIpc) is 2.81. The van der Waals surface area contributed by atoms with Crippen molar-refractivity contribution < 1.29 is 4.39 Å². The van der Waals surface area contributed by atoms with Gasteiger partial charge in [0, 0.05) is 23.5 Å². The van der Waals surface area contributed by atoms with Crippen LogP contribution in [0, 0.1) is 5.82 Å². The fourth-order valence-corrected chi connectivity index (χ4v) is 2.09. The van der Waals surface area contributed by atoms with Gasteiger partial charge in [-0.1, -0.05) is 18.2 Å². The minimum atomic E-state index is -0.166. The van der Waals surface area contributed by atoms with Crippen LogP contribution in [0.15, 0.2) is 35.2 Å². The van der Waals surface area contributed by atoms with Crippen molar-refractivity contribution in [2.45, 2.75) is 19.5 Å². The van der Waals surface area contributed by atoms with Gasteiger partial charge in [-0.2, -0.15) is 0 Å². The Balaban J connectivity index is 1.95. The van der Waals surface area contributed by atoms with Crippen LogP contribution < -0.4 is 5.32 Å². The zero-order chi connectivity index (χ0) is 11.4. The van der Waals surface area contributed by atoms with Crippen molar-refractivity contribution >= 4 is 11.3 Å². The molecule has 1 atom stereocenters. The van der Waals surface area contributed by atoms with Crippen LogP contribution in [0.1, 0.15) is 24.2 Å². The number of rotatable bonds is 4. The maximum atomic E-state index is 13.3. The third-order valence-electron chi connectivity index (χ3n) is 2.45. The van der Waals surface area contributed by atoms with Gasteiger partial charge in [0.15, 0.2) is 0 Å². The summed E-state index contributed by atoms with van der Waals surface area (Å²) in [6.07, 6.45) is 0. The second-order valence-corrected chi connectivity index (χ2v) is 4.33. The highest BCUT2D eigenvalue weighted by atomic mass is 32.1. The highest BCUT2D eigenvalue weighted by molar-refractivity contribution is 7.07. The molecule has 4 heteroatoms. The molecule has 0 bridgehead atoms. The molecule has 0 aliphatic rings. The Morgan fingerprint density at radius 3 is 2.94 bits per heavy atom. The zero-order valence-corrected chi connectivity index (χ0v) is 9.80. The standard InChI is InChI=1S/C12H13FN2S/c1-9(12-7-16-8-15-12)14-6-10-4-2-3-5-11(10)13/h2-5,7-9,14H,6H2,1H3. The van der Waals surface area contributed by atoms with Crippen molar-refractivity contribution in [3.63, 3.8) is 0 Å². The van der Waals surface area contributed by atoms with E-state index >= 15 is 0 Å². The second kappa shape index (κ2) is 5.18. The first kappa shape index (κ1) is 11.2. The first-order chi connectivity index (χ1) is 7.77. The van der Waals surface area contributed by atoms with E-state index in [1.807, 2.05) is 18.4 Å². The van der Waals surface area contributed by atoms with E-state index < -0.39 is 0 Å². The van der Waals surface area contributed by atoms with Crippen LogP contribution in [0.2, 0.25) is 0 Å². The molecule has 0 saturated heterocycles. The van der Waals surface area contributed by atoms with Crippen molar-refractivity contribution in [2.75, 3.05) is 0 Å². The van der Waals surface area contributed by atoms with Gasteiger partial charge in [-0.15, -0.1) is 11.3 Å². The van der Waals surface area contributed by atoms with Gasteiger partial charge in [0.2, 0.25) is 0 Å². The molecule has 0 aliphatic heterocycles. The highest BCUT2D eigenvalue weighted by Gasteiger charge is 2.07. The Labute approximate surface area is 98.2 Å². The van der Waals surface area contributed by atoms with Crippen LogP contribution >= 0.6 is 11.3 Å². The van der Waals surface area contributed by atoms with E-state index in [1.165, 1.54) is 6.07 Å². The minimum absolute atomic E-state index is 0.144. The van der Waals surface area contributed by atoms with E-state index in [-0.39, 0.29) is 11.9 Å². The summed E-state index contributed by atoms with van der Waals surface area (Å²) in [5.41, 5.74) is 3.49. The van der Waals surface area contributed by atoms with Crippen LogP contribution in [0.3, 0.4) is 0 Å². The maximum absolute atomic E-state index is 13.3. The Kier molecular flexibility index (Phi) is 3.64. The first-order valence-corrected chi connectivity index (χ1v) is 6.06. The lowest BCUT2D eigenvalue weighted by atomic mass is 10.2. The number of aromatic nitrogens is 1. The van der Waals surface area contributed by atoms with Crippen LogP contribution in [-0.2, 0) is 6.54 Å². The van der Waals surface area contributed by atoms with E-state index in [0.29, 0.717) is 12.1 Å². The highest BCUT2D eigenvalue weighted by Crippen LogP contribution is 2.13. The van der Waals surface area contributed by atoms with E-state index in [1.54, 1.807) is 29.0 Å². The smallest absolute Gasteiger partial charge is 0.127 e. The lowest BCUT2D eigenvalue weighted by molar-refractivity contribution is 0.537. The van der Waals surface area contributed by atoms with Crippen LogP contribution in [0.4, 0.5) is 4.39 Å². The molecular weight excluding hydrogens is 223 g/mol. The Morgan fingerprint density at radius 1 is 1.44 bits per heavy atom. The Morgan fingerprint density at radius 2 is 2.25 bits per heavy atom. The van der Waals surface area contributed by atoms with Crippen LogP contribution in [0.25, 0.3) is 0 Å². The second-order valence-electron chi connectivity index (χ2n) is 3.61. The van der Waals surface area contributed by atoms with Gasteiger partial charge in [0.25, 0.3) is 0 Å². The molecular formula is C12H13FN2S. The molecule has 84 valence electrons. The third kappa shape index (κ3) is 2.65. The Bertz CT molecular complexity index is 442. The molecule has 1 aromatic heterocycles. The number of thiazole rings is 1. The number of nitrogens with one attached hydrogen (secondary N) is 1. The van der Waals surface area contributed by atoms with Gasteiger partial charge < -0.3 is 5.32 Å². The molecule has 2 nitrogen and oxygen atoms in total. The number of nitrogens with zero attached hydrogens (tertiary/aromatic N) is 1. The minimum Gasteiger partial charge on any atom is -0.305 e. The molecule has 2 rings (SSSR count). The van der Waals surface area contributed by atoms with E-state index in [4.69, 9.17) is 0 Å². The molecule has 0 amide bonds. The molecule has 0 spiro atoms. The normalized spacial score (nSPS) is 12.6. The molecule has 1 unspecified atom stereocenters. The molecule has 16 heavy (non-hydrogen) atoms. The van der Waals surface area contributed by atoms with Crippen LogP contribution in [0.5, 0.6) is 0 Å². The quantitative estimate of drug-likeness (QED) is 0.882. The summed E-state index contributed by atoms with van der Waals surface area (Å²) in [6.45, 7) is 2.54. The van der Waals surface area contributed by atoms with Crippen molar-refractivity contribution in [3.8, 4) is 0 Å². The molecule has 0 saturated carbocycles. The van der Waals surface area contributed by atoms with Gasteiger partial charge in [0.05, 0.1) is 11.2 Å². The molecule has 0 fully saturated rings. The SMILES string of the molecule is CC(NCc1ccccc1F)c1cscn1. The van der Waals surface area contributed by atoms with Crippen LogP contribution in [-0.4, -0.2) is 4.98 Å². The van der Waals surface area contributed by atoms with Gasteiger partial charge in [-0.3, -0.25) is 0 Å². The van der Waals surface area contributed by atoms with Crippen molar-refractivity contribution in [3.05, 3.63) is 52.2 Å². The topological polar surface area (TPSA) is 24.9 Å². The fourth-order valence-electron chi connectivity index (χ4n) is 1.45. The lowest BCUT2D eigenvalue weighted by Gasteiger charge is -2.11. The predicted octanol–water partition coefficient (Wildman–Crippen LogP) is 3.13. The van der Waals surface area contributed by atoms with E-state index in [0.717, 1.165) is 5.69 Å². The molecule has 1 heterocycles. The third-order valence-corrected chi connectivity index (χ3v) is 3.06. The summed E-state index contributed by atoms with van der Waals surface area (Å²) in [5.74, 6) is -0.166. The molecule has 0 aliphatic carbocycles. The molecule has 1 N–H and O–H groups in total. The summed E-state index contributed by atoms with van der Waals surface area (Å²) in [5, 5.41) is 5.25. The largest absolute Gasteiger partial charge is 0.305 e. The summed E-state index contributed by atoms with van der Waals surface area (Å²) in [7, 11) is 0. The monoisotopic (exact) mass is 236 g/mol. The van der Waals surface area contributed by atoms with Crippen molar-refractivity contribution in [2.24, 2.45) is 0 Å². The number of benzene rings is 1. The molecule has 0 radical (unpaired) electrons. The predicted molar refractivity (Wildman–Crippen MR) is 63.8 cm³/mol. The van der Waals surface area contributed by atoms with Crippen molar-refractivity contribution in [1.82, 2.24) is 10.3 Å². The van der Waals surface area contributed by atoms with E-state index in [9.17, 15) is 4.39 Å². The Hall–Kier alpha value is -1.26. The van der Waals surface area contributed by atoms with Crippen molar-refractivity contribution in [1.29, 1.82) is 0 Å². The summed E-state index contributed by atoms with van der Waals surface area (Å²) < 4.78 is 13.3. The molecule has 2 aromatic rings. The summed E-state index contributed by atoms with van der Waals surface area (Å²) in [4.78, 5) is 4.21. The van der Waals surface area contributed by atoms with Gasteiger partial charge >= 0.3 is 0 Å². The number of halogens is 1. The number of hydrogen-bond donors (Lipinski definition) is 1. The van der Waals surface area contributed by atoms with Gasteiger partial charge in [-0.25, -0.2) is 9.37 Å². The number of hydrogen-bond acceptors (Lipinski definition) is 3. The summed E-state index contributed by atoms with van der Waals surface area (Å²) in [6, 6.07) is 6.95. The molecule has 1 aromatic carbocycles. The first-order valence-electron chi connectivity index (χ1n) is 5.12.